The molecule has 0 aliphatic heterocycles. The van der Waals surface area contributed by atoms with Crippen LogP contribution in [-0.2, 0) is 0 Å². The molecule has 0 saturated heterocycles. The van der Waals surface area contributed by atoms with E-state index in [1.54, 1.807) is 14.1 Å². The van der Waals surface area contributed by atoms with Crippen LogP contribution >= 0.6 is 0 Å². The first kappa shape index (κ1) is 11.6. The maximum absolute atomic E-state index is 10.4. The molecule has 0 unspecified atom stereocenters. The largest absolute Gasteiger partial charge is 0.633 e. The lowest BCUT2D eigenvalue weighted by Gasteiger charge is -2.31. The predicted octanol–water partition coefficient (Wildman–Crippen LogP) is 0.416. The number of rotatable bonds is 1. The minimum Gasteiger partial charge on any atom is -0.633 e. The van der Waals surface area contributed by atoms with Gasteiger partial charge in [0.25, 0.3) is 0 Å². The van der Waals surface area contributed by atoms with Crippen LogP contribution < -0.4 is 5.32 Å². The Morgan fingerprint density at radius 1 is 1.33 bits per heavy atom. The van der Waals surface area contributed by atoms with Crippen LogP contribution in [-0.4, -0.2) is 39.4 Å². The van der Waals surface area contributed by atoms with Gasteiger partial charge in [0.15, 0.2) is 0 Å². The van der Waals surface area contributed by atoms with Crippen LogP contribution in [0.4, 0.5) is 0 Å². The fourth-order valence-corrected chi connectivity index (χ4v) is 0. The summed E-state index contributed by atoms with van der Waals surface area (Å²) in [4.78, 5) is 0. The van der Waals surface area contributed by atoms with Gasteiger partial charge in [0.1, 0.15) is 0 Å². The summed E-state index contributed by atoms with van der Waals surface area (Å²) in [5.41, 5.74) is 0. The van der Waals surface area contributed by atoms with Crippen molar-refractivity contribution >= 4 is 0 Å². The van der Waals surface area contributed by atoms with Gasteiger partial charge in [-0.05, 0) is 21.0 Å². The van der Waals surface area contributed by atoms with Crippen LogP contribution in [0.3, 0.4) is 0 Å². The standard InChI is InChI=1S/C4H11NO.C2H7N/c1-4-5(2,3)6;1-3-2/h4H2,1-3H3;3H,1-2H3. The molecule has 0 rings (SSSR count). The molecular weight excluding hydrogens is 116 g/mol. The Bertz CT molecular complexity index is 49.5. The van der Waals surface area contributed by atoms with Gasteiger partial charge >= 0.3 is 0 Å². The second-order valence-electron chi connectivity index (χ2n) is 2.39. The van der Waals surface area contributed by atoms with Gasteiger partial charge in [-0.15, -0.1) is 0 Å². The number of hydrogen-bond donors (Lipinski definition) is 1. The zero-order valence-electron chi connectivity index (χ0n) is 7.06. The third-order valence-electron chi connectivity index (χ3n) is 0.762. The maximum Gasteiger partial charge on any atom is 0.0751 e. The highest BCUT2D eigenvalue weighted by Gasteiger charge is 1.90. The molecule has 1 N–H and O–H groups in total. The summed E-state index contributed by atoms with van der Waals surface area (Å²) in [5, 5.41) is 13.2. The summed E-state index contributed by atoms with van der Waals surface area (Å²) in [5.74, 6) is 0. The Balaban J connectivity index is 0. The predicted molar refractivity (Wildman–Crippen MR) is 41.0 cm³/mol. The van der Waals surface area contributed by atoms with Crippen LogP contribution in [0.1, 0.15) is 6.92 Å². The van der Waals surface area contributed by atoms with E-state index in [0.29, 0.717) is 6.54 Å². The molecule has 0 atom stereocenters. The number of hydrogen-bond acceptors (Lipinski definition) is 2. The normalized spacial score (nSPS) is 10.0. The molecule has 0 fully saturated rings. The van der Waals surface area contributed by atoms with Gasteiger partial charge < -0.3 is 15.2 Å². The van der Waals surface area contributed by atoms with E-state index in [9.17, 15) is 5.21 Å². The zero-order chi connectivity index (χ0) is 7.91. The summed E-state index contributed by atoms with van der Waals surface area (Å²) in [7, 11) is 7.00. The van der Waals surface area contributed by atoms with Gasteiger partial charge in [-0.2, -0.15) is 0 Å². The molecule has 9 heavy (non-hydrogen) atoms. The van der Waals surface area contributed by atoms with Crippen molar-refractivity contribution in [1.29, 1.82) is 0 Å². The number of quaternary nitrogens is 1. The fraction of sp³-hybridized carbons (Fsp3) is 1.00. The molecule has 3 heteroatoms. The Hall–Kier alpha value is -0.120. The maximum atomic E-state index is 10.4. The van der Waals surface area contributed by atoms with Gasteiger partial charge in [0.05, 0.1) is 20.6 Å². The minimum atomic E-state index is -0.181. The SMILES string of the molecule is CC[N+](C)(C)[O-].CNC. The average Bonchev–Trinajstić information content (AvgIpc) is 1.67. The van der Waals surface area contributed by atoms with Gasteiger partial charge in [0, 0.05) is 0 Å². The highest BCUT2D eigenvalue weighted by atomic mass is 16.5. The Morgan fingerprint density at radius 2 is 1.44 bits per heavy atom. The second kappa shape index (κ2) is 6.01. The summed E-state index contributed by atoms with van der Waals surface area (Å²) < 4.78 is -0.181. The summed E-state index contributed by atoms with van der Waals surface area (Å²) in [6.07, 6.45) is 0. The quantitative estimate of drug-likeness (QED) is 0.416. The molecule has 0 aliphatic carbocycles. The molecule has 0 aromatic rings. The van der Waals surface area contributed by atoms with Crippen LogP contribution in [0.25, 0.3) is 0 Å². The third-order valence-corrected chi connectivity index (χ3v) is 0.762. The Labute approximate surface area is 57.8 Å². The zero-order valence-corrected chi connectivity index (χ0v) is 7.06. The van der Waals surface area contributed by atoms with Crippen molar-refractivity contribution in [2.45, 2.75) is 6.92 Å². The van der Waals surface area contributed by atoms with Crippen LogP contribution in [0.15, 0.2) is 0 Å². The van der Waals surface area contributed by atoms with E-state index in [1.807, 2.05) is 21.0 Å². The van der Waals surface area contributed by atoms with E-state index >= 15 is 0 Å². The molecule has 0 aromatic heterocycles. The van der Waals surface area contributed by atoms with Crippen molar-refractivity contribution in [3.63, 3.8) is 0 Å². The van der Waals surface area contributed by atoms with Crippen LogP contribution in [0.5, 0.6) is 0 Å². The van der Waals surface area contributed by atoms with Crippen molar-refractivity contribution in [1.82, 2.24) is 5.32 Å². The van der Waals surface area contributed by atoms with Crippen molar-refractivity contribution < 1.29 is 4.65 Å². The van der Waals surface area contributed by atoms with E-state index in [-0.39, 0.29) is 4.65 Å². The minimum absolute atomic E-state index is 0.181. The van der Waals surface area contributed by atoms with E-state index in [4.69, 9.17) is 0 Å². The highest BCUT2D eigenvalue weighted by molar-refractivity contribution is 4.17. The molecule has 58 valence electrons. The monoisotopic (exact) mass is 134 g/mol. The highest BCUT2D eigenvalue weighted by Crippen LogP contribution is 1.86. The van der Waals surface area contributed by atoms with Crippen molar-refractivity contribution in [3.8, 4) is 0 Å². The summed E-state index contributed by atoms with van der Waals surface area (Å²) >= 11 is 0. The summed E-state index contributed by atoms with van der Waals surface area (Å²) in [6, 6.07) is 0. The van der Waals surface area contributed by atoms with Crippen LogP contribution in [0.2, 0.25) is 0 Å². The van der Waals surface area contributed by atoms with E-state index in [0.717, 1.165) is 0 Å². The first-order chi connectivity index (χ1) is 3.97. The smallest absolute Gasteiger partial charge is 0.0751 e. The molecule has 0 bridgehead atoms. The van der Waals surface area contributed by atoms with Gasteiger partial charge in [-0.3, -0.25) is 0 Å². The number of nitrogens with one attached hydrogen (secondary N) is 1. The van der Waals surface area contributed by atoms with E-state index in [1.165, 1.54) is 0 Å². The van der Waals surface area contributed by atoms with Gasteiger partial charge in [-0.25, -0.2) is 0 Å². The lowest BCUT2D eigenvalue weighted by atomic mass is 10.7. The van der Waals surface area contributed by atoms with Crippen molar-refractivity contribution in [2.75, 3.05) is 34.7 Å². The molecule has 0 aliphatic rings. The number of hydroxylamine groups is 3. The Morgan fingerprint density at radius 3 is 1.44 bits per heavy atom. The molecule has 0 amide bonds. The average molecular weight is 134 g/mol. The second-order valence-corrected chi connectivity index (χ2v) is 2.39. The molecule has 3 nitrogen and oxygen atoms in total. The van der Waals surface area contributed by atoms with Gasteiger partial charge in [-0.1, -0.05) is 0 Å². The summed E-state index contributed by atoms with van der Waals surface area (Å²) in [6.45, 7) is 2.52. The lowest BCUT2D eigenvalue weighted by Crippen LogP contribution is -2.31. The molecular formula is C6H18N2O. The fourth-order valence-electron chi connectivity index (χ4n) is 0. The number of nitrogens with zero attached hydrogens (tertiary/aromatic N) is 1. The lowest BCUT2D eigenvalue weighted by molar-refractivity contribution is -0.837. The molecule has 0 radical (unpaired) electrons. The molecule has 0 saturated carbocycles. The first-order valence-electron chi connectivity index (χ1n) is 3.10. The van der Waals surface area contributed by atoms with E-state index < -0.39 is 0 Å². The molecule has 0 spiro atoms. The topological polar surface area (TPSA) is 35.1 Å². The molecule has 0 aromatic carbocycles. The molecule has 0 heterocycles. The third kappa shape index (κ3) is 32.8. The van der Waals surface area contributed by atoms with Gasteiger partial charge in [0.2, 0.25) is 0 Å². The van der Waals surface area contributed by atoms with Crippen LogP contribution in [0, 0.1) is 5.21 Å². The Kier molecular flexibility index (Phi) is 7.77. The first-order valence-corrected chi connectivity index (χ1v) is 3.10. The van der Waals surface area contributed by atoms with Crippen molar-refractivity contribution in [3.05, 3.63) is 5.21 Å². The van der Waals surface area contributed by atoms with Crippen molar-refractivity contribution in [2.24, 2.45) is 0 Å². The van der Waals surface area contributed by atoms with E-state index in [2.05, 4.69) is 5.32 Å².